The quantitative estimate of drug-likeness (QED) is 0.772. The van der Waals surface area contributed by atoms with E-state index >= 15 is 0 Å². The summed E-state index contributed by atoms with van der Waals surface area (Å²) in [6.45, 7) is 7.77. The molecule has 16 heavy (non-hydrogen) atoms. The predicted molar refractivity (Wildman–Crippen MR) is 62.9 cm³/mol. The van der Waals surface area contributed by atoms with Crippen molar-refractivity contribution in [3.63, 3.8) is 0 Å². The lowest BCUT2D eigenvalue weighted by Gasteiger charge is -2.17. The number of carbonyl (C=O) groups excluding carboxylic acids is 1. The molecule has 1 unspecified atom stereocenters. The molecule has 0 aromatic carbocycles. The van der Waals surface area contributed by atoms with Crippen molar-refractivity contribution in [3.05, 3.63) is 11.9 Å². The maximum atomic E-state index is 11.2. The maximum absolute atomic E-state index is 11.2. The van der Waals surface area contributed by atoms with Gasteiger partial charge in [0.1, 0.15) is 5.78 Å². The van der Waals surface area contributed by atoms with Crippen LogP contribution in [0.5, 0.6) is 5.75 Å². The number of Topliss-reactive ketones (excluding diaryl/α,β-unsaturated/α-hetero) is 1. The molecule has 0 radical (unpaired) electrons. The van der Waals surface area contributed by atoms with Gasteiger partial charge in [-0.15, -0.1) is 0 Å². The first kappa shape index (κ1) is 12.7. The van der Waals surface area contributed by atoms with Crippen LogP contribution in [0.2, 0.25) is 0 Å². The number of nitrogens with zero attached hydrogens (tertiary/aromatic N) is 2. The molecule has 4 nitrogen and oxygen atoms in total. The fourth-order valence-electron chi connectivity index (χ4n) is 1.92. The number of aromatic nitrogens is 2. The molecule has 0 N–H and O–H groups in total. The summed E-state index contributed by atoms with van der Waals surface area (Å²) >= 11 is 0. The Morgan fingerprint density at radius 2 is 2.12 bits per heavy atom. The van der Waals surface area contributed by atoms with Crippen LogP contribution in [0.25, 0.3) is 0 Å². The van der Waals surface area contributed by atoms with Crippen LogP contribution in [0.4, 0.5) is 0 Å². The fraction of sp³-hybridized carbons (Fsp3) is 0.667. The van der Waals surface area contributed by atoms with Crippen molar-refractivity contribution in [1.29, 1.82) is 0 Å². The molecular weight excluding hydrogens is 204 g/mol. The van der Waals surface area contributed by atoms with Gasteiger partial charge in [-0.05, 0) is 20.8 Å². The van der Waals surface area contributed by atoms with Crippen LogP contribution < -0.4 is 4.74 Å². The van der Waals surface area contributed by atoms with E-state index in [0.717, 1.165) is 11.4 Å². The van der Waals surface area contributed by atoms with Gasteiger partial charge in [0.25, 0.3) is 0 Å². The minimum absolute atomic E-state index is 0.136. The maximum Gasteiger partial charge on any atom is 0.160 e. The Kier molecular flexibility index (Phi) is 4.10. The fourth-order valence-corrected chi connectivity index (χ4v) is 1.92. The van der Waals surface area contributed by atoms with Gasteiger partial charge in [-0.1, -0.05) is 6.92 Å². The van der Waals surface area contributed by atoms with Gasteiger partial charge in [-0.2, -0.15) is 5.10 Å². The molecule has 1 rings (SSSR count). The summed E-state index contributed by atoms with van der Waals surface area (Å²) in [4.78, 5) is 11.2. The third kappa shape index (κ3) is 2.62. The van der Waals surface area contributed by atoms with Gasteiger partial charge in [0.05, 0.1) is 19.0 Å². The molecule has 0 aliphatic rings. The van der Waals surface area contributed by atoms with Crippen molar-refractivity contribution in [2.45, 2.75) is 46.1 Å². The number of ether oxygens (including phenoxy) is 1. The molecule has 1 atom stereocenters. The Morgan fingerprint density at radius 3 is 2.56 bits per heavy atom. The molecule has 0 fully saturated rings. The summed E-state index contributed by atoms with van der Waals surface area (Å²) in [6, 6.07) is 0.272. The minimum atomic E-state index is 0.136. The smallest absolute Gasteiger partial charge is 0.160 e. The second-order valence-electron chi connectivity index (χ2n) is 4.44. The third-order valence-corrected chi connectivity index (χ3v) is 2.57. The second-order valence-corrected chi connectivity index (χ2v) is 4.44. The normalized spacial score (nSPS) is 12.9. The van der Waals surface area contributed by atoms with Crippen LogP contribution in [-0.2, 0) is 4.79 Å². The van der Waals surface area contributed by atoms with E-state index in [1.807, 2.05) is 11.6 Å². The Bertz CT molecular complexity index is 369. The van der Waals surface area contributed by atoms with Crippen molar-refractivity contribution in [2.24, 2.45) is 0 Å². The van der Waals surface area contributed by atoms with Crippen molar-refractivity contribution < 1.29 is 9.53 Å². The van der Waals surface area contributed by atoms with Gasteiger partial charge in [-0.3, -0.25) is 4.68 Å². The summed E-state index contributed by atoms with van der Waals surface area (Å²) in [5.41, 5.74) is 1.01. The van der Waals surface area contributed by atoms with Crippen molar-refractivity contribution in [3.8, 4) is 5.75 Å². The SMILES string of the molecule is COc1cnn(C(C)C)c1C(C)CC(C)=O. The molecular formula is C12H20N2O2. The molecule has 0 saturated carbocycles. The van der Waals surface area contributed by atoms with Crippen LogP contribution in [0.1, 0.15) is 51.8 Å². The van der Waals surface area contributed by atoms with Gasteiger partial charge in [0.2, 0.25) is 0 Å². The molecule has 0 saturated heterocycles. The number of carbonyl (C=O) groups is 1. The molecule has 1 aromatic heterocycles. The zero-order chi connectivity index (χ0) is 12.3. The number of rotatable bonds is 5. The Balaban J connectivity index is 3.07. The topological polar surface area (TPSA) is 44.1 Å². The highest BCUT2D eigenvalue weighted by atomic mass is 16.5. The monoisotopic (exact) mass is 224 g/mol. The predicted octanol–water partition coefficient (Wildman–Crippen LogP) is 2.56. The molecule has 90 valence electrons. The molecule has 1 heterocycles. The molecule has 0 spiro atoms. The molecule has 0 amide bonds. The highest BCUT2D eigenvalue weighted by Crippen LogP contribution is 2.30. The van der Waals surface area contributed by atoms with E-state index in [2.05, 4.69) is 18.9 Å². The number of methoxy groups -OCH3 is 1. The summed E-state index contributed by atoms with van der Waals surface area (Å²) < 4.78 is 7.21. The summed E-state index contributed by atoms with van der Waals surface area (Å²) in [5, 5.41) is 4.30. The second kappa shape index (κ2) is 5.14. The highest BCUT2D eigenvalue weighted by molar-refractivity contribution is 5.76. The average Bonchev–Trinajstić information content (AvgIpc) is 2.59. The zero-order valence-corrected chi connectivity index (χ0v) is 10.7. The van der Waals surface area contributed by atoms with Crippen LogP contribution >= 0.6 is 0 Å². The first-order valence-corrected chi connectivity index (χ1v) is 5.58. The van der Waals surface area contributed by atoms with E-state index < -0.39 is 0 Å². The van der Waals surface area contributed by atoms with Crippen LogP contribution in [-0.4, -0.2) is 22.7 Å². The molecule has 0 bridgehead atoms. The van der Waals surface area contributed by atoms with E-state index in [1.165, 1.54) is 0 Å². The lowest BCUT2D eigenvalue weighted by Crippen LogP contribution is -2.12. The van der Waals surface area contributed by atoms with Gasteiger partial charge in [0.15, 0.2) is 5.75 Å². The number of ketones is 1. The van der Waals surface area contributed by atoms with E-state index in [4.69, 9.17) is 4.74 Å². The Hall–Kier alpha value is -1.32. The van der Waals surface area contributed by atoms with Crippen LogP contribution in [0, 0.1) is 0 Å². The summed E-state index contributed by atoms with van der Waals surface area (Å²) in [5.74, 6) is 1.09. The van der Waals surface area contributed by atoms with E-state index in [0.29, 0.717) is 6.42 Å². The van der Waals surface area contributed by atoms with Crippen LogP contribution in [0.3, 0.4) is 0 Å². The zero-order valence-electron chi connectivity index (χ0n) is 10.7. The third-order valence-electron chi connectivity index (χ3n) is 2.57. The highest BCUT2D eigenvalue weighted by Gasteiger charge is 2.20. The Labute approximate surface area is 96.6 Å². The standard InChI is InChI=1S/C12H20N2O2/c1-8(2)14-12(9(3)6-10(4)15)11(16-5)7-13-14/h7-9H,6H2,1-5H3. The lowest BCUT2D eigenvalue weighted by atomic mass is 10.0. The largest absolute Gasteiger partial charge is 0.493 e. The van der Waals surface area contributed by atoms with Gasteiger partial charge >= 0.3 is 0 Å². The van der Waals surface area contributed by atoms with Crippen molar-refractivity contribution in [2.75, 3.05) is 7.11 Å². The van der Waals surface area contributed by atoms with Gasteiger partial charge < -0.3 is 9.53 Å². The van der Waals surface area contributed by atoms with Gasteiger partial charge in [-0.25, -0.2) is 0 Å². The average molecular weight is 224 g/mol. The minimum Gasteiger partial charge on any atom is -0.493 e. The molecule has 0 aliphatic heterocycles. The van der Waals surface area contributed by atoms with Crippen molar-refractivity contribution in [1.82, 2.24) is 9.78 Å². The number of hydrogen-bond donors (Lipinski definition) is 0. The van der Waals surface area contributed by atoms with Crippen molar-refractivity contribution >= 4 is 5.78 Å². The molecule has 0 aliphatic carbocycles. The number of hydrogen-bond acceptors (Lipinski definition) is 3. The Morgan fingerprint density at radius 1 is 1.50 bits per heavy atom. The molecule has 1 aromatic rings. The van der Waals surface area contributed by atoms with E-state index in [9.17, 15) is 4.79 Å². The van der Waals surface area contributed by atoms with Gasteiger partial charge in [0, 0.05) is 18.4 Å². The molecule has 4 heteroatoms. The first-order chi connectivity index (χ1) is 7.47. The van der Waals surface area contributed by atoms with Crippen LogP contribution in [0.15, 0.2) is 6.20 Å². The lowest BCUT2D eigenvalue weighted by molar-refractivity contribution is -0.117. The summed E-state index contributed by atoms with van der Waals surface area (Å²) in [7, 11) is 1.63. The summed E-state index contributed by atoms with van der Waals surface area (Å²) in [6.07, 6.45) is 2.24. The van der Waals surface area contributed by atoms with E-state index in [-0.39, 0.29) is 17.7 Å². The first-order valence-electron chi connectivity index (χ1n) is 5.58. The van der Waals surface area contributed by atoms with E-state index in [1.54, 1.807) is 20.2 Å².